The number of hydrogen-bond donors (Lipinski definition) is 1. The molecule has 0 radical (unpaired) electrons. The summed E-state index contributed by atoms with van der Waals surface area (Å²) in [6, 6.07) is 7.27. The average Bonchev–Trinajstić information content (AvgIpc) is 3.00. The lowest BCUT2D eigenvalue weighted by Gasteiger charge is -2.22. The molecular formula is C29H51NO11. The van der Waals surface area contributed by atoms with E-state index in [1.807, 2.05) is 12.1 Å². The lowest BCUT2D eigenvalue weighted by Crippen LogP contribution is -2.24. The molecule has 1 aromatic carbocycles. The molecule has 0 spiro atoms. The Bertz CT molecular complexity index is 677. The number of nitrogen functional groups attached to an aromatic ring is 1. The van der Waals surface area contributed by atoms with Gasteiger partial charge < -0.3 is 57.8 Å². The summed E-state index contributed by atoms with van der Waals surface area (Å²) < 4.78 is 60.4. The lowest BCUT2D eigenvalue weighted by atomic mass is 10.2. The van der Waals surface area contributed by atoms with Crippen molar-refractivity contribution in [3.8, 4) is 5.75 Å². The largest absolute Gasteiger partial charge is 0.491 e. The van der Waals surface area contributed by atoms with Crippen LogP contribution in [0.4, 0.5) is 5.69 Å². The molecule has 0 amide bonds. The third-order valence-electron chi connectivity index (χ3n) is 5.65. The highest BCUT2D eigenvalue weighted by Crippen LogP contribution is 2.13. The Labute approximate surface area is 244 Å². The summed E-state index contributed by atoms with van der Waals surface area (Å²) in [5.74, 6) is 0.775. The number of ether oxygens (including phenoxy) is 11. The fourth-order valence-electron chi connectivity index (χ4n) is 3.51. The zero-order chi connectivity index (χ0) is 28.9. The van der Waals surface area contributed by atoms with Gasteiger partial charge in [0.05, 0.1) is 112 Å². The quantitative estimate of drug-likeness (QED) is 0.109. The van der Waals surface area contributed by atoms with Gasteiger partial charge in [-0.3, -0.25) is 0 Å². The third kappa shape index (κ3) is 22.7. The van der Waals surface area contributed by atoms with Gasteiger partial charge in [-0.15, -0.1) is 0 Å². The Balaban J connectivity index is 1.15. The Morgan fingerprint density at radius 1 is 0.512 bits per heavy atom. The van der Waals surface area contributed by atoms with E-state index in [9.17, 15) is 0 Å². The Morgan fingerprint density at radius 3 is 1.29 bits per heavy atom. The monoisotopic (exact) mass is 589 g/mol. The lowest BCUT2D eigenvalue weighted by molar-refractivity contribution is -0.169. The molecule has 1 aliphatic heterocycles. The number of nitrogens with two attached hydrogens (primary N) is 1. The molecule has 0 aliphatic carbocycles. The van der Waals surface area contributed by atoms with Gasteiger partial charge in [-0.25, -0.2) is 0 Å². The maximum Gasteiger partial charge on any atom is 0.157 e. The second-order valence-corrected chi connectivity index (χ2v) is 8.98. The van der Waals surface area contributed by atoms with E-state index in [4.69, 9.17) is 57.8 Å². The third-order valence-corrected chi connectivity index (χ3v) is 5.65. The molecule has 1 heterocycles. The number of anilines is 1. The standard InChI is InChI=1S/C29H51NO11/c30-27-4-6-28(7-5-27)39-25-23-37-21-19-35-17-15-33-13-11-31-9-10-32-12-14-34-16-18-36-20-22-38-24-26-41-29-3-1-2-8-40-29/h4-7,29H,1-3,8-26,30H2. The Hall–Kier alpha value is -1.58. The van der Waals surface area contributed by atoms with Crippen LogP contribution >= 0.6 is 0 Å². The molecule has 12 heteroatoms. The Morgan fingerprint density at radius 2 is 0.902 bits per heavy atom. The molecule has 41 heavy (non-hydrogen) atoms. The van der Waals surface area contributed by atoms with Crippen molar-refractivity contribution in [2.24, 2.45) is 0 Å². The smallest absolute Gasteiger partial charge is 0.157 e. The number of benzene rings is 1. The van der Waals surface area contributed by atoms with Gasteiger partial charge in [0.25, 0.3) is 0 Å². The molecule has 12 nitrogen and oxygen atoms in total. The summed E-state index contributed by atoms with van der Waals surface area (Å²) in [7, 11) is 0. The molecule has 0 saturated carbocycles. The Kier molecular flexibility index (Phi) is 23.7. The van der Waals surface area contributed by atoms with Crippen LogP contribution < -0.4 is 10.5 Å². The highest BCUT2D eigenvalue weighted by molar-refractivity contribution is 5.41. The van der Waals surface area contributed by atoms with Gasteiger partial charge in [0, 0.05) is 12.3 Å². The molecule has 2 N–H and O–H groups in total. The molecule has 1 atom stereocenters. The van der Waals surface area contributed by atoms with E-state index in [0.29, 0.717) is 125 Å². The number of rotatable bonds is 29. The van der Waals surface area contributed by atoms with Gasteiger partial charge in [-0.05, 0) is 43.5 Å². The zero-order valence-corrected chi connectivity index (χ0v) is 24.5. The molecular weight excluding hydrogens is 538 g/mol. The van der Waals surface area contributed by atoms with Crippen LogP contribution in [0.15, 0.2) is 24.3 Å². The first-order valence-corrected chi connectivity index (χ1v) is 14.7. The van der Waals surface area contributed by atoms with Gasteiger partial charge in [-0.1, -0.05) is 0 Å². The molecule has 0 bridgehead atoms. The van der Waals surface area contributed by atoms with Crippen LogP contribution in [0.25, 0.3) is 0 Å². The van der Waals surface area contributed by atoms with Gasteiger partial charge in [0.15, 0.2) is 6.29 Å². The highest BCUT2D eigenvalue weighted by Gasteiger charge is 2.13. The molecule has 1 aliphatic rings. The summed E-state index contributed by atoms with van der Waals surface area (Å²) in [6.45, 7) is 10.1. The second kappa shape index (κ2) is 27.3. The van der Waals surface area contributed by atoms with Gasteiger partial charge in [0.1, 0.15) is 12.4 Å². The first kappa shape index (κ1) is 35.6. The van der Waals surface area contributed by atoms with Crippen LogP contribution in [0.2, 0.25) is 0 Å². The van der Waals surface area contributed by atoms with Crippen molar-refractivity contribution < 1.29 is 52.1 Å². The van der Waals surface area contributed by atoms with Gasteiger partial charge in [-0.2, -0.15) is 0 Å². The summed E-state index contributed by atoms with van der Waals surface area (Å²) >= 11 is 0. The van der Waals surface area contributed by atoms with Crippen LogP contribution in [-0.4, -0.2) is 132 Å². The number of hydrogen-bond acceptors (Lipinski definition) is 12. The van der Waals surface area contributed by atoms with Crippen molar-refractivity contribution in [3.63, 3.8) is 0 Å². The summed E-state index contributed by atoms with van der Waals surface area (Å²) in [5.41, 5.74) is 6.35. The normalized spacial score (nSPS) is 15.4. The SMILES string of the molecule is Nc1ccc(OCCOCCOCCOCCOCCOCCOCCOCCOCCOC2CCCCO2)cc1. The molecule has 1 unspecified atom stereocenters. The van der Waals surface area contributed by atoms with Gasteiger partial charge >= 0.3 is 0 Å². The average molecular weight is 590 g/mol. The predicted molar refractivity (Wildman–Crippen MR) is 152 cm³/mol. The van der Waals surface area contributed by atoms with Crippen molar-refractivity contribution in [1.82, 2.24) is 0 Å². The minimum atomic E-state index is -0.0640. The van der Waals surface area contributed by atoms with E-state index >= 15 is 0 Å². The van der Waals surface area contributed by atoms with Crippen LogP contribution in [0, 0.1) is 0 Å². The van der Waals surface area contributed by atoms with Crippen LogP contribution in [0.3, 0.4) is 0 Å². The fraction of sp³-hybridized carbons (Fsp3) is 0.793. The van der Waals surface area contributed by atoms with E-state index in [2.05, 4.69) is 0 Å². The minimum Gasteiger partial charge on any atom is -0.491 e. The van der Waals surface area contributed by atoms with E-state index in [1.165, 1.54) is 6.42 Å². The summed E-state index contributed by atoms with van der Waals surface area (Å²) in [6.07, 6.45) is 3.20. The maximum absolute atomic E-state index is 5.64. The van der Waals surface area contributed by atoms with E-state index in [0.717, 1.165) is 25.2 Å². The van der Waals surface area contributed by atoms with E-state index in [1.54, 1.807) is 12.1 Å². The molecule has 1 saturated heterocycles. The van der Waals surface area contributed by atoms with Crippen molar-refractivity contribution in [2.75, 3.05) is 131 Å². The van der Waals surface area contributed by atoms with Crippen molar-refractivity contribution >= 4 is 5.69 Å². The van der Waals surface area contributed by atoms with Gasteiger partial charge in [0.2, 0.25) is 0 Å². The summed E-state index contributed by atoms with van der Waals surface area (Å²) in [5, 5.41) is 0. The van der Waals surface area contributed by atoms with Crippen molar-refractivity contribution in [1.29, 1.82) is 0 Å². The van der Waals surface area contributed by atoms with Crippen molar-refractivity contribution in [2.45, 2.75) is 25.6 Å². The fourth-order valence-corrected chi connectivity index (χ4v) is 3.51. The first-order valence-electron chi connectivity index (χ1n) is 14.7. The molecule has 1 fully saturated rings. The maximum atomic E-state index is 5.64. The first-order chi connectivity index (χ1) is 20.3. The zero-order valence-electron chi connectivity index (χ0n) is 24.5. The topological polar surface area (TPSA) is 128 Å². The minimum absolute atomic E-state index is 0.0640. The van der Waals surface area contributed by atoms with E-state index < -0.39 is 0 Å². The second-order valence-electron chi connectivity index (χ2n) is 8.98. The highest BCUT2D eigenvalue weighted by atomic mass is 16.7. The van der Waals surface area contributed by atoms with Crippen LogP contribution in [-0.2, 0) is 47.4 Å². The molecule has 2 rings (SSSR count). The molecule has 0 aromatic heterocycles. The predicted octanol–water partition coefficient (Wildman–Crippen LogP) is 2.32. The summed E-state index contributed by atoms with van der Waals surface area (Å²) in [4.78, 5) is 0. The van der Waals surface area contributed by atoms with Crippen LogP contribution in [0.5, 0.6) is 5.75 Å². The van der Waals surface area contributed by atoms with Crippen LogP contribution in [0.1, 0.15) is 19.3 Å². The molecule has 1 aromatic rings. The molecule has 238 valence electrons. The van der Waals surface area contributed by atoms with Crippen molar-refractivity contribution in [3.05, 3.63) is 24.3 Å². The van der Waals surface area contributed by atoms with E-state index in [-0.39, 0.29) is 6.29 Å².